The van der Waals surface area contributed by atoms with Gasteiger partial charge >= 0.3 is 12.2 Å². The van der Waals surface area contributed by atoms with E-state index in [1.165, 1.54) is 17.7 Å². The van der Waals surface area contributed by atoms with Crippen LogP contribution < -0.4 is 0 Å². The molecule has 0 aromatic heterocycles. The fraction of sp³-hybridized carbons (Fsp3) is 0.375. The number of hydrogen-bond acceptors (Lipinski definition) is 3. The topological polar surface area (TPSA) is 47.1 Å². The Hall–Kier alpha value is -3.85. The molecule has 3 aromatic rings. The Labute approximate surface area is 239 Å². The van der Waals surface area contributed by atoms with E-state index < -0.39 is 11.7 Å². The lowest BCUT2D eigenvalue weighted by atomic mass is 10.0. The fourth-order valence-electron chi connectivity index (χ4n) is 5.75. The summed E-state index contributed by atoms with van der Waals surface area (Å²) in [6.45, 7) is 3.75. The number of nitrogens with zero attached hydrogens (tertiary/aromatic N) is 4. The number of likely N-dealkylation sites (tertiary alicyclic amines) is 2. The number of amides is 3. The van der Waals surface area contributed by atoms with Gasteiger partial charge in [-0.1, -0.05) is 54.6 Å². The van der Waals surface area contributed by atoms with Crippen molar-refractivity contribution < 1.29 is 22.8 Å². The molecule has 2 unspecified atom stereocenters. The molecule has 2 heterocycles. The second-order valence-electron chi connectivity index (χ2n) is 11.0. The number of carbonyl (C=O) groups excluding carboxylic acids is 2. The number of carbonyl (C=O) groups is 2. The lowest BCUT2D eigenvalue weighted by molar-refractivity contribution is -0.137. The van der Waals surface area contributed by atoms with Crippen molar-refractivity contribution in [2.45, 2.75) is 37.6 Å². The quantitative estimate of drug-likeness (QED) is 0.378. The molecule has 9 heteroatoms. The molecule has 3 aromatic carbocycles. The van der Waals surface area contributed by atoms with Gasteiger partial charge in [-0.3, -0.25) is 9.69 Å². The summed E-state index contributed by atoms with van der Waals surface area (Å²) >= 11 is 0. The van der Waals surface area contributed by atoms with Gasteiger partial charge < -0.3 is 14.7 Å². The molecule has 0 aliphatic carbocycles. The fourth-order valence-corrected chi connectivity index (χ4v) is 5.75. The SMILES string of the molecule is CN(C(=O)c1ccc(-c2ccc(C(F)(F)F)cc2)cc1)C1CCN(C(=O)N(C)C2CCN(Cc3ccccc3)C2)C1. The van der Waals surface area contributed by atoms with Gasteiger partial charge in [0.05, 0.1) is 11.6 Å². The summed E-state index contributed by atoms with van der Waals surface area (Å²) in [6.07, 6.45) is -2.74. The molecule has 3 amide bonds. The Kier molecular flexibility index (Phi) is 8.35. The van der Waals surface area contributed by atoms with Crippen LogP contribution in [0, 0.1) is 0 Å². The number of likely N-dealkylation sites (N-methyl/N-ethyl adjacent to an activating group) is 2. The Morgan fingerprint density at radius 2 is 1.37 bits per heavy atom. The first-order chi connectivity index (χ1) is 19.6. The van der Waals surface area contributed by atoms with Crippen LogP contribution in [0.3, 0.4) is 0 Å². The average Bonchev–Trinajstić information content (AvgIpc) is 3.66. The van der Waals surface area contributed by atoms with Crippen LogP contribution in [-0.4, -0.2) is 83.9 Å². The number of rotatable bonds is 6. The second kappa shape index (κ2) is 11.9. The summed E-state index contributed by atoms with van der Waals surface area (Å²) in [5, 5.41) is 0. The molecule has 0 bridgehead atoms. The molecular weight excluding hydrogens is 529 g/mol. The summed E-state index contributed by atoms with van der Waals surface area (Å²) in [5.74, 6) is -0.149. The van der Waals surface area contributed by atoms with Gasteiger partial charge in [0, 0.05) is 58.4 Å². The van der Waals surface area contributed by atoms with Crippen LogP contribution in [0.1, 0.15) is 34.3 Å². The molecule has 216 valence electrons. The summed E-state index contributed by atoms with van der Waals surface area (Å²) < 4.78 is 38.6. The van der Waals surface area contributed by atoms with Gasteiger partial charge in [-0.25, -0.2) is 4.79 Å². The minimum Gasteiger partial charge on any atom is -0.337 e. The van der Waals surface area contributed by atoms with Crippen LogP contribution in [0.4, 0.5) is 18.0 Å². The lowest BCUT2D eigenvalue weighted by Gasteiger charge is -2.30. The van der Waals surface area contributed by atoms with Gasteiger partial charge in [-0.2, -0.15) is 13.2 Å². The highest BCUT2D eigenvalue weighted by molar-refractivity contribution is 5.95. The Bertz CT molecular complexity index is 1350. The molecular formula is C32H35F3N4O2. The molecule has 0 spiro atoms. The van der Waals surface area contributed by atoms with Gasteiger partial charge in [0.2, 0.25) is 0 Å². The van der Waals surface area contributed by atoms with E-state index in [0.717, 1.165) is 43.8 Å². The molecule has 2 aliphatic rings. The summed E-state index contributed by atoms with van der Waals surface area (Å²) in [4.78, 5) is 34.3. The summed E-state index contributed by atoms with van der Waals surface area (Å²) in [7, 11) is 3.63. The lowest BCUT2D eigenvalue weighted by Crippen LogP contribution is -2.47. The van der Waals surface area contributed by atoms with Gasteiger partial charge in [0.1, 0.15) is 0 Å². The maximum absolute atomic E-state index is 13.3. The third kappa shape index (κ3) is 6.56. The summed E-state index contributed by atoms with van der Waals surface area (Å²) in [6, 6.07) is 22.3. The Morgan fingerprint density at radius 1 is 0.780 bits per heavy atom. The predicted molar refractivity (Wildman–Crippen MR) is 152 cm³/mol. The molecule has 41 heavy (non-hydrogen) atoms. The van der Waals surface area contributed by atoms with Crippen molar-refractivity contribution in [2.24, 2.45) is 0 Å². The van der Waals surface area contributed by atoms with Crippen molar-refractivity contribution in [3.05, 3.63) is 95.6 Å². The number of urea groups is 1. The van der Waals surface area contributed by atoms with E-state index in [0.29, 0.717) is 30.6 Å². The van der Waals surface area contributed by atoms with Crippen molar-refractivity contribution in [1.29, 1.82) is 0 Å². The number of alkyl halides is 3. The van der Waals surface area contributed by atoms with Crippen molar-refractivity contribution in [3.63, 3.8) is 0 Å². The van der Waals surface area contributed by atoms with Crippen LogP contribution in [-0.2, 0) is 12.7 Å². The minimum atomic E-state index is -4.38. The van der Waals surface area contributed by atoms with E-state index in [2.05, 4.69) is 17.0 Å². The van der Waals surface area contributed by atoms with Crippen molar-refractivity contribution in [3.8, 4) is 11.1 Å². The molecule has 0 saturated carbocycles. The number of hydrogen-bond donors (Lipinski definition) is 0. The highest BCUT2D eigenvalue weighted by atomic mass is 19.4. The maximum Gasteiger partial charge on any atom is 0.416 e. The maximum atomic E-state index is 13.3. The first-order valence-corrected chi connectivity index (χ1v) is 13.9. The highest BCUT2D eigenvalue weighted by Crippen LogP contribution is 2.31. The van der Waals surface area contributed by atoms with Gasteiger partial charge in [-0.15, -0.1) is 0 Å². The van der Waals surface area contributed by atoms with E-state index in [-0.39, 0.29) is 24.0 Å². The molecule has 0 radical (unpaired) electrons. The Balaban J connectivity index is 1.14. The van der Waals surface area contributed by atoms with E-state index in [1.807, 2.05) is 35.0 Å². The molecule has 0 N–H and O–H groups in total. The van der Waals surface area contributed by atoms with Crippen molar-refractivity contribution in [2.75, 3.05) is 40.3 Å². The second-order valence-corrected chi connectivity index (χ2v) is 11.0. The van der Waals surface area contributed by atoms with E-state index in [4.69, 9.17) is 0 Å². The predicted octanol–water partition coefficient (Wildman–Crippen LogP) is 5.85. The number of benzene rings is 3. The molecule has 2 fully saturated rings. The van der Waals surface area contributed by atoms with Gasteiger partial charge in [0.25, 0.3) is 5.91 Å². The van der Waals surface area contributed by atoms with E-state index >= 15 is 0 Å². The molecule has 5 rings (SSSR count). The highest BCUT2D eigenvalue weighted by Gasteiger charge is 2.36. The summed E-state index contributed by atoms with van der Waals surface area (Å²) in [5.41, 5.74) is 2.44. The molecule has 2 saturated heterocycles. The standard InChI is InChI=1S/C32H35F3N4O2/c1-36(30(40)26-10-8-24(9-11-26)25-12-14-27(15-13-25)32(33,34)35)29-17-19-39(22-29)31(41)37(2)28-16-18-38(21-28)20-23-6-4-3-5-7-23/h3-15,28-29H,16-22H2,1-2H3. The average molecular weight is 565 g/mol. The largest absolute Gasteiger partial charge is 0.416 e. The first kappa shape index (κ1) is 28.7. The van der Waals surface area contributed by atoms with Crippen LogP contribution in [0.5, 0.6) is 0 Å². The van der Waals surface area contributed by atoms with Crippen LogP contribution in [0.15, 0.2) is 78.9 Å². The number of halogens is 3. The van der Waals surface area contributed by atoms with E-state index in [9.17, 15) is 22.8 Å². The molecule has 2 atom stereocenters. The van der Waals surface area contributed by atoms with Crippen LogP contribution in [0.2, 0.25) is 0 Å². The zero-order valence-electron chi connectivity index (χ0n) is 23.3. The van der Waals surface area contributed by atoms with Gasteiger partial charge in [-0.05, 0) is 53.8 Å². The molecule has 6 nitrogen and oxygen atoms in total. The van der Waals surface area contributed by atoms with Crippen LogP contribution in [0.25, 0.3) is 11.1 Å². The normalized spacial score (nSPS) is 19.4. The third-order valence-corrected chi connectivity index (χ3v) is 8.33. The molecule has 2 aliphatic heterocycles. The minimum absolute atomic E-state index is 0.000745. The van der Waals surface area contributed by atoms with E-state index in [1.54, 1.807) is 36.2 Å². The zero-order valence-corrected chi connectivity index (χ0v) is 23.3. The zero-order chi connectivity index (χ0) is 29.1. The van der Waals surface area contributed by atoms with Gasteiger partial charge in [0.15, 0.2) is 0 Å². The smallest absolute Gasteiger partial charge is 0.337 e. The van der Waals surface area contributed by atoms with Crippen molar-refractivity contribution in [1.82, 2.24) is 19.6 Å². The Morgan fingerprint density at radius 3 is 2.00 bits per heavy atom. The third-order valence-electron chi connectivity index (χ3n) is 8.33. The van der Waals surface area contributed by atoms with Crippen LogP contribution >= 0.6 is 0 Å². The van der Waals surface area contributed by atoms with Crippen molar-refractivity contribution >= 4 is 11.9 Å². The monoisotopic (exact) mass is 564 g/mol. The first-order valence-electron chi connectivity index (χ1n) is 13.9.